The summed E-state index contributed by atoms with van der Waals surface area (Å²) in [6, 6.07) is 0. The van der Waals surface area contributed by atoms with Gasteiger partial charge in [-0.05, 0) is 25.9 Å². The Morgan fingerprint density at radius 2 is 2.35 bits per heavy atom. The molecule has 1 aromatic rings. The molecule has 1 aliphatic rings. The first-order valence-corrected chi connectivity index (χ1v) is 6.08. The predicted molar refractivity (Wildman–Crippen MR) is 63.3 cm³/mol. The van der Waals surface area contributed by atoms with E-state index in [1.165, 1.54) is 0 Å². The molecule has 0 atom stereocenters. The third-order valence-corrected chi connectivity index (χ3v) is 3.16. The van der Waals surface area contributed by atoms with Crippen LogP contribution in [0.3, 0.4) is 0 Å². The molecule has 2 heterocycles. The number of rotatable bonds is 4. The Morgan fingerprint density at radius 1 is 1.59 bits per heavy atom. The Kier molecular flexibility index (Phi) is 4.08. The Bertz CT molecular complexity index is 370. The Balaban J connectivity index is 1.71. The molecular formula is C11H19N5O. The van der Waals surface area contributed by atoms with Gasteiger partial charge in [-0.1, -0.05) is 0 Å². The third kappa shape index (κ3) is 3.26. The fraction of sp³-hybridized carbons (Fsp3) is 0.727. The van der Waals surface area contributed by atoms with Crippen LogP contribution in [-0.4, -0.2) is 40.3 Å². The predicted octanol–water partition coefficient (Wildman–Crippen LogP) is -0.527. The van der Waals surface area contributed by atoms with Crippen LogP contribution < -0.4 is 10.6 Å². The molecule has 1 aromatic heterocycles. The van der Waals surface area contributed by atoms with E-state index in [1.807, 2.05) is 11.6 Å². The normalized spacial score (nSPS) is 17.0. The lowest BCUT2D eigenvalue weighted by Gasteiger charge is -2.21. The minimum absolute atomic E-state index is 0.175. The zero-order valence-corrected chi connectivity index (χ0v) is 10.1. The highest BCUT2D eigenvalue weighted by atomic mass is 16.1. The van der Waals surface area contributed by atoms with Crippen LogP contribution in [0.4, 0.5) is 0 Å². The highest BCUT2D eigenvalue weighted by Crippen LogP contribution is 2.11. The van der Waals surface area contributed by atoms with Crippen LogP contribution >= 0.6 is 0 Å². The molecule has 6 nitrogen and oxygen atoms in total. The van der Waals surface area contributed by atoms with E-state index in [9.17, 15) is 4.79 Å². The first kappa shape index (κ1) is 12.0. The molecule has 0 spiro atoms. The monoisotopic (exact) mass is 237 g/mol. The van der Waals surface area contributed by atoms with Gasteiger partial charge in [0.2, 0.25) is 5.91 Å². The maximum Gasteiger partial charge on any atom is 0.223 e. The zero-order valence-electron chi connectivity index (χ0n) is 10.1. The van der Waals surface area contributed by atoms with Gasteiger partial charge in [-0.25, -0.2) is 0 Å². The summed E-state index contributed by atoms with van der Waals surface area (Å²) in [5.74, 6) is 1.25. The molecule has 0 bridgehead atoms. The van der Waals surface area contributed by atoms with Gasteiger partial charge in [0.25, 0.3) is 0 Å². The topological polar surface area (TPSA) is 71.8 Å². The van der Waals surface area contributed by atoms with Gasteiger partial charge in [0.1, 0.15) is 12.2 Å². The van der Waals surface area contributed by atoms with Crippen LogP contribution in [-0.2, 0) is 18.3 Å². The highest BCUT2D eigenvalue weighted by molar-refractivity contribution is 5.78. The molecule has 6 heteroatoms. The van der Waals surface area contributed by atoms with Gasteiger partial charge in [0.05, 0.1) is 0 Å². The Labute approximate surface area is 101 Å². The first-order chi connectivity index (χ1) is 8.27. The lowest BCUT2D eigenvalue weighted by molar-refractivity contribution is -0.125. The van der Waals surface area contributed by atoms with E-state index >= 15 is 0 Å². The number of aromatic nitrogens is 3. The van der Waals surface area contributed by atoms with Gasteiger partial charge >= 0.3 is 0 Å². The summed E-state index contributed by atoms with van der Waals surface area (Å²) in [7, 11) is 1.91. The van der Waals surface area contributed by atoms with Gasteiger partial charge in [-0.2, -0.15) is 0 Å². The summed E-state index contributed by atoms with van der Waals surface area (Å²) in [5, 5.41) is 14.0. The fourth-order valence-corrected chi connectivity index (χ4v) is 2.06. The molecule has 0 unspecified atom stereocenters. The molecule has 1 aliphatic heterocycles. The van der Waals surface area contributed by atoms with Crippen molar-refractivity contribution in [1.29, 1.82) is 0 Å². The fourth-order valence-electron chi connectivity index (χ4n) is 2.06. The Hall–Kier alpha value is -1.43. The number of hydrogen-bond donors (Lipinski definition) is 2. The molecule has 17 heavy (non-hydrogen) atoms. The minimum Gasteiger partial charge on any atom is -0.355 e. The quantitative estimate of drug-likeness (QED) is 0.738. The first-order valence-electron chi connectivity index (χ1n) is 6.08. The molecule has 1 amide bonds. The smallest absolute Gasteiger partial charge is 0.223 e. The van der Waals surface area contributed by atoms with Crippen LogP contribution in [0.1, 0.15) is 18.7 Å². The van der Waals surface area contributed by atoms with E-state index in [4.69, 9.17) is 0 Å². The van der Waals surface area contributed by atoms with Crippen LogP contribution in [0.5, 0.6) is 0 Å². The molecule has 0 radical (unpaired) electrons. The van der Waals surface area contributed by atoms with Crippen molar-refractivity contribution in [3.8, 4) is 0 Å². The minimum atomic E-state index is 0.175. The highest BCUT2D eigenvalue weighted by Gasteiger charge is 2.20. The zero-order chi connectivity index (χ0) is 12.1. The van der Waals surface area contributed by atoms with Crippen LogP contribution in [0.15, 0.2) is 6.33 Å². The summed E-state index contributed by atoms with van der Waals surface area (Å²) in [6.07, 6.45) is 4.28. The van der Waals surface area contributed by atoms with Crippen molar-refractivity contribution < 1.29 is 4.79 Å². The van der Waals surface area contributed by atoms with Crippen molar-refractivity contribution in [2.45, 2.75) is 19.3 Å². The largest absolute Gasteiger partial charge is 0.355 e. The lowest BCUT2D eigenvalue weighted by Crippen LogP contribution is -2.38. The average molecular weight is 237 g/mol. The molecule has 2 rings (SSSR count). The van der Waals surface area contributed by atoms with Gasteiger partial charge < -0.3 is 15.2 Å². The van der Waals surface area contributed by atoms with Crippen molar-refractivity contribution >= 4 is 5.91 Å². The van der Waals surface area contributed by atoms with Crippen LogP contribution in [0, 0.1) is 5.92 Å². The summed E-state index contributed by atoms with van der Waals surface area (Å²) in [4.78, 5) is 11.8. The van der Waals surface area contributed by atoms with E-state index in [0.717, 1.165) is 38.2 Å². The van der Waals surface area contributed by atoms with Crippen molar-refractivity contribution in [2.75, 3.05) is 19.6 Å². The summed E-state index contributed by atoms with van der Waals surface area (Å²) in [6.45, 7) is 2.53. The summed E-state index contributed by atoms with van der Waals surface area (Å²) >= 11 is 0. The van der Waals surface area contributed by atoms with E-state index < -0.39 is 0 Å². The maximum absolute atomic E-state index is 11.8. The molecule has 0 aliphatic carbocycles. The van der Waals surface area contributed by atoms with E-state index in [-0.39, 0.29) is 11.8 Å². The summed E-state index contributed by atoms with van der Waals surface area (Å²) in [5.41, 5.74) is 0. The van der Waals surface area contributed by atoms with Crippen LogP contribution in [0.2, 0.25) is 0 Å². The molecule has 0 aromatic carbocycles. The maximum atomic E-state index is 11.8. The van der Waals surface area contributed by atoms with Gasteiger partial charge in [0.15, 0.2) is 0 Å². The Morgan fingerprint density at radius 3 is 3.00 bits per heavy atom. The van der Waals surface area contributed by atoms with Gasteiger partial charge in [-0.15, -0.1) is 10.2 Å². The van der Waals surface area contributed by atoms with Crippen molar-refractivity contribution in [2.24, 2.45) is 13.0 Å². The summed E-state index contributed by atoms with van der Waals surface area (Å²) < 4.78 is 1.87. The van der Waals surface area contributed by atoms with E-state index in [1.54, 1.807) is 6.33 Å². The number of carbonyl (C=O) groups is 1. The number of nitrogens with zero attached hydrogens (tertiary/aromatic N) is 3. The van der Waals surface area contributed by atoms with Gasteiger partial charge in [-0.3, -0.25) is 4.79 Å². The standard InChI is InChI=1S/C11H19N5O/c1-16-8-14-15-10(16)4-7-13-11(17)9-2-5-12-6-3-9/h8-9,12H,2-7H2,1H3,(H,13,17). The molecule has 1 saturated heterocycles. The number of amides is 1. The second-order valence-corrected chi connectivity index (χ2v) is 4.42. The second kappa shape index (κ2) is 5.77. The second-order valence-electron chi connectivity index (χ2n) is 4.42. The van der Waals surface area contributed by atoms with Crippen molar-refractivity contribution in [3.05, 3.63) is 12.2 Å². The van der Waals surface area contributed by atoms with Crippen LogP contribution in [0.25, 0.3) is 0 Å². The molecular weight excluding hydrogens is 218 g/mol. The molecule has 2 N–H and O–H groups in total. The molecule has 0 saturated carbocycles. The average Bonchev–Trinajstić information content (AvgIpc) is 2.76. The SMILES string of the molecule is Cn1cnnc1CCNC(=O)C1CCNCC1. The molecule has 1 fully saturated rings. The van der Waals surface area contributed by atoms with Gasteiger partial charge in [0, 0.05) is 25.9 Å². The van der Waals surface area contributed by atoms with E-state index in [2.05, 4.69) is 20.8 Å². The number of aryl methyl sites for hydroxylation is 1. The lowest BCUT2D eigenvalue weighted by atomic mass is 9.97. The van der Waals surface area contributed by atoms with E-state index in [0.29, 0.717) is 6.54 Å². The third-order valence-electron chi connectivity index (χ3n) is 3.16. The molecule has 94 valence electrons. The number of carbonyl (C=O) groups excluding carboxylic acids is 1. The number of piperidine rings is 1. The van der Waals surface area contributed by atoms with Crippen molar-refractivity contribution in [1.82, 2.24) is 25.4 Å². The number of nitrogens with one attached hydrogen (secondary N) is 2. The number of hydrogen-bond acceptors (Lipinski definition) is 4. The van der Waals surface area contributed by atoms with Crippen molar-refractivity contribution in [3.63, 3.8) is 0 Å².